The number of carbonyl (C=O) groups is 1. The van der Waals surface area contributed by atoms with Crippen molar-refractivity contribution in [2.45, 2.75) is 58.4 Å². The zero-order valence-electron chi connectivity index (χ0n) is 13.4. The van der Waals surface area contributed by atoms with E-state index in [0.29, 0.717) is 6.54 Å². The van der Waals surface area contributed by atoms with E-state index in [4.69, 9.17) is 0 Å². The molecule has 0 unspecified atom stereocenters. The third-order valence-electron chi connectivity index (χ3n) is 3.57. The summed E-state index contributed by atoms with van der Waals surface area (Å²) in [6.07, 6.45) is 9.04. The van der Waals surface area contributed by atoms with Crippen LogP contribution in [0.15, 0.2) is 11.6 Å². The lowest BCUT2D eigenvalue weighted by molar-refractivity contribution is -0.121. The van der Waals surface area contributed by atoms with E-state index in [1.807, 2.05) is 13.8 Å². The van der Waals surface area contributed by atoms with Crippen molar-refractivity contribution in [2.75, 3.05) is 19.3 Å². The maximum Gasteiger partial charge on any atom is 0.221 e. The molecule has 0 heterocycles. The summed E-state index contributed by atoms with van der Waals surface area (Å²) in [5, 5.41) is 2.78. The van der Waals surface area contributed by atoms with Gasteiger partial charge in [0.05, 0.1) is 6.26 Å². The second-order valence-electron chi connectivity index (χ2n) is 5.99. The molecule has 1 aliphatic carbocycles. The average Bonchev–Trinajstić information content (AvgIpc) is 2.37. The zero-order chi connectivity index (χ0) is 15.9. The van der Waals surface area contributed by atoms with Crippen molar-refractivity contribution in [3.8, 4) is 0 Å². The summed E-state index contributed by atoms with van der Waals surface area (Å²) in [4.78, 5) is 11.6. The molecule has 122 valence electrons. The maximum atomic E-state index is 11.8. The van der Waals surface area contributed by atoms with Gasteiger partial charge in [-0.3, -0.25) is 4.79 Å². The summed E-state index contributed by atoms with van der Waals surface area (Å²) < 4.78 is 25.0. The molecule has 1 N–H and O–H groups in total. The van der Waals surface area contributed by atoms with E-state index < -0.39 is 10.0 Å². The van der Waals surface area contributed by atoms with E-state index in [9.17, 15) is 13.2 Å². The first-order valence-electron chi connectivity index (χ1n) is 7.71. The fourth-order valence-corrected chi connectivity index (χ4v) is 3.31. The van der Waals surface area contributed by atoms with Crippen LogP contribution < -0.4 is 5.32 Å². The van der Waals surface area contributed by atoms with Gasteiger partial charge in [0, 0.05) is 25.6 Å². The smallest absolute Gasteiger partial charge is 0.221 e. The Labute approximate surface area is 128 Å². The number of hydrogen-bond acceptors (Lipinski definition) is 3. The first-order chi connectivity index (χ1) is 9.79. The minimum atomic E-state index is -3.26. The van der Waals surface area contributed by atoms with Crippen molar-refractivity contribution in [1.29, 1.82) is 0 Å². The topological polar surface area (TPSA) is 66.5 Å². The summed E-state index contributed by atoms with van der Waals surface area (Å²) in [6, 6.07) is 0.0802. The lowest BCUT2D eigenvalue weighted by Gasteiger charge is -2.21. The molecule has 6 heteroatoms. The van der Waals surface area contributed by atoms with Crippen LogP contribution in [0.2, 0.25) is 0 Å². The SMILES string of the molecule is CC(C)NC(=O)CCN(CCC1=CCCCC1)S(C)(=O)=O. The van der Waals surface area contributed by atoms with Gasteiger partial charge in [0.15, 0.2) is 0 Å². The lowest BCUT2D eigenvalue weighted by atomic mass is 9.97. The first-order valence-corrected chi connectivity index (χ1v) is 9.56. The second-order valence-corrected chi connectivity index (χ2v) is 7.97. The molecule has 21 heavy (non-hydrogen) atoms. The van der Waals surface area contributed by atoms with Gasteiger partial charge in [0.1, 0.15) is 0 Å². The summed E-state index contributed by atoms with van der Waals surface area (Å²) in [5.74, 6) is -0.101. The molecule has 0 saturated heterocycles. The van der Waals surface area contributed by atoms with Crippen LogP contribution in [0.3, 0.4) is 0 Å². The van der Waals surface area contributed by atoms with Gasteiger partial charge in [-0.25, -0.2) is 12.7 Å². The summed E-state index contributed by atoms with van der Waals surface area (Å²) >= 11 is 0. The second kappa shape index (κ2) is 8.54. The van der Waals surface area contributed by atoms with E-state index >= 15 is 0 Å². The van der Waals surface area contributed by atoms with Crippen molar-refractivity contribution in [3.05, 3.63) is 11.6 Å². The molecule has 0 aliphatic heterocycles. The van der Waals surface area contributed by atoms with Crippen LogP contribution >= 0.6 is 0 Å². The largest absolute Gasteiger partial charge is 0.354 e. The Balaban J connectivity index is 2.48. The van der Waals surface area contributed by atoms with E-state index in [1.54, 1.807) is 0 Å². The number of nitrogens with one attached hydrogen (secondary N) is 1. The zero-order valence-corrected chi connectivity index (χ0v) is 14.2. The average molecular weight is 316 g/mol. The van der Waals surface area contributed by atoms with Gasteiger partial charge in [-0.1, -0.05) is 11.6 Å². The highest BCUT2D eigenvalue weighted by Gasteiger charge is 2.18. The van der Waals surface area contributed by atoms with Gasteiger partial charge >= 0.3 is 0 Å². The molecule has 1 rings (SSSR count). The van der Waals surface area contributed by atoms with Gasteiger partial charge < -0.3 is 5.32 Å². The highest BCUT2D eigenvalue weighted by Crippen LogP contribution is 2.20. The molecule has 0 spiro atoms. The Morgan fingerprint density at radius 3 is 2.57 bits per heavy atom. The molecular formula is C15H28N2O3S. The van der Waals surface area contributed by atoms with Crippen molar-refractivity contribution < 1.29 is 13.2 Å². The summed E-state index contributed by atoms with van der Waals surface area (Å²) in [7, 11) is -3.26. The molecule has 0 aromatic carbocycles. The van der Waals surface area contributed by atoms with E-state index in [1.165, 1.54) is 29.0 Å². The number of hydrogen-bond donors (Lipinski definition) is 1. The van der Waals surface area contributed by atoms with Crippen LogP contribution in [0.4, 0.5) is 0 Å². The number of sulfonamides is 1. The Morgan fingerprint density at radius 2 is 2.05 bits per heavy atom. The maximum absolute atomic E-state index is 11.8. The standard InChI is InChI=1S/C15H28N2O3S/c1-13(2)16-15(18)10-12-17(21(3,19)20)11-9-14-7-5-4-6-8-14/h7,13H,4-6,8-12H2,1-3H3,(H,16,18). The minimum absolute atomic E-state index is 0.0802. The predicted octanol–water partition coefficient (Wildman–Crippen LogP) is 2.05. The lowest BCUT2D eigenvalue weighted by Crippen LogP contribution is -2.37. The van der Waals surface area contributed by atoms with Crippen LogP contribution in [0.5, 0.6) is 0 Å². The van der Waals surface area contributed by atoms with E-state index in [0.717, 1.165) is 19.3 Å². The highest BCUT2D eigenvalue weighted by molar-refractivity contribution is 7.88. The normalized spacial score (nSPS) is 16.1. The Kier molecular flexibility index (Phi) is 7.39. The molecule has 0 atom stereocenters. The highest BCUT2D eigenvalue weighted by atomic mass is 32.2. The van der Waals surface area contributed by atoms with Gasteiger partial charge in [-0.05, 0) is 46.0 Å². The van der Waals surface area contributed by atoms with Crippen LogP contribution in [-0.2, 0) is 14.8 Å². The van der Waals surface area contributed by atoms with Crippen LogP contribution in [0.1, 0.15) is 52.4 Å². The van der Waals surface area contributed by atoms with Crippen LogP contribution in [0.25, 0.3) is 0 Å². The molecule has 0 bridgehead atoms. The van der Waals surface area contributed by atoms with Crippen LogP contribution in [0, 0.1) is 0 Å². The number of nitrogens with zero attached hydrogens (tertiary/aromatic N) is 1. The van der Waals surface area contributed by atoms with Crippen molar-refractivity contribution in [2.24, 2.45) is 0 Å². The fraction of sp³-hybridized carbons (Fsp3) is 0.800. The number of rotatable bonds is 8. The summed E-state index contributed by atoms with van der Waals surface area (Å²) in [5.41, 5.74) is 1.35. The molecular weight excluding hydrogens is 288 g/mol. The number of allylic oxidation sites excluding steroid dienone is 1. The Bertz CT molecular complexity index is 469. The minimum Gasteiger partial charge on any atom is -0.354 e. The molecule has 0 radical (unpaired) electrons. The van der Waals surface area contributed by atoms with Crippen molar-refractivity contribution in [1.82, 2.24) is 9.62 Å². The van der Waals surface area contributed by atoms with Crippen LogP contribution in [-0.4, -0.2) is 44.0 Å². The van der Waals surface area contributed by atoms with Crippen molar-refractivity contribution in [3.63, 3.8) is 0 Å². The quantitative estimate of drug-likeness (QED) is 0.697. The number of carbonyl (C=O) groups excluding carboxylic acids is 1. The summed E-state index contributed by atoms with van der Waals surface area (Å²) in [6.45, 7) is 4.51. The van der Waals surface area contributed by atoms with Gasteiger partial charge in [-0.15, -0.1) is 0 Å². The fourth-order valence-electron chi connectivity index (χ4n) is 2.46. The first kappa shape index (κ1) is 18.2. The van der Waals surface area contributed by atoms with Gasteiger partial charge in [-0.2, -0.15) is 0 Å². The molecule has 1 aliphatic rings. The molecule has 0 saturated carbocycles. The van der Waals surface area contributed by atoms with Crippen molar-refractivity contribution >= 4 is 15.9 Å². The predicted molar refractivity (Wildman–Crippen MR) is 85.5 cm³/mol. The third-order valence-corrected chi connectivity index (χ3v) is 4.88. The van der Waals surface area contributed by atoms with E-state index in [-0.39, 0.29) is 24.9 Å². The third kappa shape index (κ3) is 7.62. The Hall–Kier alpha value is -0.880. The monoisotopic (exact) mass is 316 g/mol. The molecule has 1 amide bonds. The van der Waals surface area contributed by atoms with Gasteiger partial charge in [0.25, 0.3) is 0 Å². The molecule has 0 fully saturated rings. The van der Waals surface area contributed by atoms with Gasteiger partial charge in [0.2, 0.25) is 15.9 Å². The number of amides is 1. The molecule has 5 nitrogen and oxygen atoms in total. The van der Waals surface area contributed by atoms with E-state index in [2.05, 4.69) is 11.4 Å². The molecule has 0 aromatic rings. The molecule has 0 aromatic heterocycles. The Morgan fingerprint density at radius 1 is 1.33 bits per heavy atom.